The first-order valence-electron chi connectivity index (χ1n) is 8.15. The first-order chi connectivity index (χ1) is 9.72. The van der Waals surface area contributed by atoms with Crippen molar-refractivity contribution in [2.75, 3.05) is 45.9 Å². The van der Waals surface area contributed by atoms with E-state index in [0.29, 0.717) is 13.2 Å². The van der Waals surface area contributed by atoms with Crippen molar-refractivity contribution in [1.82, 2.24) is 9.80 Å². The Kier molecular flexibility index (Phi) is 4.62. The van der Waals surface area contributed by atoms with E-state index in [9.17, 15) is 5.11 Å². The van der Waals surface area contributed by atoms with Crippen molar-refractivity contribution >= 4 is 0 Å². The van der Waals surface area contributed by atoms with Crippen LogP contribution in [0.25, 0.3) is 0 Å². The third-order valence-corrected chi connectivity index (χ3v) is 5.01. The molecule has 1 N–H and O–H groups in total. The van der Waals surface area contributed by atoms with Crippen LogP contribution in [0.3, 0.4) is 0 Å². The van der Waals surface area contributed by atoms with E-state index in [4.69, 9.17) is 9.47 Å². The number of aliphatic hydroxyl groups is 1. The zero-order valence-corrected chi connectivity index (χ0v) is 12.6. The Morgan fingerprint density at radius 1 is 1.15 bits per heavy atom. The molecule has 0 bridgehead atoms. The van der Waals surface area contributed by atoms with Crippen LogP contribution < -0.4 is 0 Å². The lowest BCUT2D eigenvalue weighted by atomic mass is 9.86. The van der Waals surface area contributed by atoms with Gasteiger partial charge in [0.05, 0.1) is 19.3 Å². The topological polar surface area (TPSA) is 45.2 Å². The van der Waals surface area contributed by atoms with E-state index >= 15 is 0 Å². The van der Waals surface area contributed by atoms with E-state index in [0.717, 1.165) is 45.4 Å². The number of aliphatic hydroxyl groups excluding tert-OH is 1. The summed E-state index contributed by atoms with van der Waals surface area (Å²) in [4.78, 5) is 4.97. The molecule has 5 heteroatoms. The lowest BCUT2D eigenvalue weighted by molar-refractivity contribution is -0.206. The van der Waals surface area contributed by atoms with Crippen LogP contribution in [0.15, 0.2) is 0 Å². The highest BCUT2D eigenvalue weighted by Crippen LogP contribution is 2.38. The number of hydrogen-bond acceptors (Lipinski definition) is 5. The normalized spacial score (nSPS) is 35.7. The van der Waals surface area contributed by atoms with Gasteiger partial charge in [-0.25, -0.2) is 0 Å². The zero-order valence-electron chi connectivity index (χ0n) is 12.6. The minimum absolute atomic E-state index is 0.200. The van der Waals surface area contributed by atoms with Gasteiger partial charge in [0, 0.05) is 45.1 Å². The molecule has 1 saturated carbocycles. The summed E-state index contributed by atoms with van der Waals surface area (Å²) in [5.74, 6) is -0.398. The Bertz CT molecular complexity index is 312. The second kappa shape index (κ2) is 6.28. The van der Waals surface area contributed by atoms with Crippen LogP contribution in [-0.4, -0.2) is 78.8 Å². The fourth-order valence-electron chi connectivity index (χ4n) is 3.88. The van der Waals surface area contributed by atoms with Crippen LogP contribution in [0.5, 0.6) is 0 Å². The molecule has 5 nitrogen and oxygen atoms in total. The summed E-state index contributed by atoms with van der Waals surface area (Å²) < 4.78 is 11.7. The Hall–Kier alpha value is -0.200. The van der Waals surface area contributed by atoms with E-state index in [-0.39, 0.29) is 12.1 Å². The Morgan fingerprint density at radius 3 is 2.50 bits per heavy atom. The fourth-order valence-corrected chi connectivity index (χ4v) is 3.88. The molecule has 3 rings (SSSR count). The van der Waals surface area contributed by atoms with Crippen LogP contribution in [0, 0.1) is 0 Å². The van der Waals surface area contributed by atoms with Crippen LogP contribution in [-0.2, 0) is 9.47 Å². The summed E-state index contributed by atoms with van der Waals surface area (Å²) in [6.45, 7) is 9.17. The quantitative estimate of drug-likeness (QED) is 0.825. The Morgan fingerprint density at radius 2 is 1.85 bits per heavy atom. The van der Waals surface area contributed by atoms with Crippen LogP contribution in [0.4, 0.5) is 0 Å². The van der Waals surface area contributed by atoms with E-state index in [1.807, 2.05) is 0 Å². The first-order valence-corrected chi connectivity index (χ1v) is 8.15. The molecule has 0 radical (unpaired) electrons. The summed E-state index contributed by atoms with van der Waals surface area (Å²) in [7, 11) is 0. The van der Waals surface area contributed by atoms with Crippen molar-refractivity contribution in [3.63, 3.8) is 0 Å². The molecule has 1 spiro atoms. The standard InChI is InChI=1S/C15H28N2O3/c1-2-5-16-6-8-17(9-7-16)13-12-15(4-3-14(13)18)19-10-11-20-15/h13-14,18H,2-12H2,1H3. The Labute approximate surface area is 121 Å². The second-order valence-corrected chi connectivity index (χ2v) is 6.36. The minimum atomic E-state index is -0.398. The van der Waals surface area contributed by atoms with Crippen molar-refractivity contribution in [3.8, 4) is 0 Å². The predicted octanol–water partition coefficient (Wildman–Crippen LogP) is 0.671. The van der Waals surface area contributed by atoms with Gasteiger partial charge in [-0.15, -0.1) is 0 Å². The van der Waals surface area contributed by atoms with Crippen molar-refractivity contribution in [2.24, 2.45) is 0 Å². The SMILES string of the molecule is CCCN1CCN(C2CC3(CCC2O)OCCO3)CC1. The van der Waals surface area contributed by atoms with Gasteiger partial charge >= 0.3 is 0 Å². The molecule has 3 fully saturated rings. The maximum Gasteiger partial charge on any atom is 0.170 e. The zero-order chi connectivity index (χ0) is 14.0. The van der Waals surface area contributed by atoms with Crippen LogP contribution >= 0.6 is 0 Å². The van der Waals surface area contributed by atoms with Gasteiger partial charge in [-0.05, 0) is 19.4 Å². The largest absolute Gasteiger partial charge is 0.391 e. The van der Waals surface area contributed by atoms with Gasteiger partial charge in [0.1, 0.15) is 0 Å². The number of nitrogens with zero attached hydrogens (tertiary/aromatic N) is 2. The third kappa shape index (κ3) is 3.02. The molecule has 1 aliphatic carbocycles. The summed E-state index contributed by atoms with van der Waals surface area (Å²) in [6, 6.07) is 0.200. The lowest BCUT2D eigenvalue weighted by Crippen LogP contribution is -2.58. The maximum atomic E-state index is 10.4. The summed E-state index contributed by atoms with van der Waals surface area (Å²) in [5.41, 5.74) is 0. The van der Waals surface area contributed by atoms with Gasteiger partial charge in [0.15, 0.2) is 5.79 Å². The molecule has 2 heterocycles. The van der Waals surface area contributed by atoms with E-state index in [2.05, 4.69) is 16.7 Å². The van der Waals surface area contributed by atoms with E-state index < -0.39 is 5.79 Å². The lowest BCUT2D eigenvalue weighted by Gasteiger charge is -2.46. The molecule has 2 atom stereocenters. The third-order valence-electron chi connectivity index (χ3n) is 5.01. The molecule has 20 heavy (non-hydrogen) atoms. The monoisotopic (exact) mass is 284 g/mol. The second-order valence-electron chi connectivity index (χ2n) is 6.36. The minimum Gasteiger partial charge on any atom is -0.391 e. The fraction of sp³-hybridized carbons (Fsp3) is 1.00. The number of rotatable bonds is 3. The average Bonchev–Trinajstić information content (AvgIpc) is 2.92. The maximum absolute atomic E-state index is 10.4. The van der Waals surface area contributed by atoms with Gasteiger partial charge in [-0.3, -0.25) is 4.90 Å². The van der Waals surface area contributed by atoms with Crippen molar-refractivity contribution in [1.29, 1.82) is 0 Å². The van der Waals surface area contributed by atoms with Gasteiger partial charge in [-0.2, -0.15) is 0 Å². The van der Waals surface area contributed by atoms with E-state index in [1.165, 1.54) is 13.0 Å². The first kappa shape index (κ1) is 14.7. The summed E-state index contributed by atoms with van der Waals surface area (Å²) in [6.07, 6.45) is 3.44. The molecule has 0 aromatic carbocycles. The number of hydrogen-bond donors (Lipinski definition) is 1. The van der Waals surface area contributed by atoms with Crippen molar-refractivity contribution in [2.45, 2.75) is 50.5 Å². The average molecular weight is 284 g/mol. The molecular weight excluding hydrogens is 256 g/mol. The molecule has 116 valence electrons. The molecule has 0 aromatic heterocycles. The predicted molar refractivity (Wildman–Crippen MR) is 76.6 cm³/mol. The van der Waals surface area contributed by atoms with Gasteiger partial charge in [0.25, 0.3) is 0 Å². The molecule has 0 amide bonds. The smallest absolute Gasteiger partial charge is 0.170 e. The van der Waals surface area contributed by atoms with Crippen LogP contribution in [0.2, 0.25) is 0 Å². The van der Waals surface area contributed by atoms with Crippen molar-refractivity contribution in [3.05, 3.63) is 0 Å². The molecule has 2 unspecified atom stereocenters. The molecule has 2 saturated heterocycles. The van der Waals surface area contributed by atoms with Crippen molar-refractivity contribution < 1.29 is 14.6 Å². The van der Waals surface area contributed by atoms with Gasteiger partial charge < -0.3 is 19.5 Å². The molecule has 3 aliphatic rings. The number of ether oxygens (including phenoxy) is 2. The highest BCUT2D eigenvalue weighted by molar-refractivity contribution is 4.94. The highest BCUT2D eigenvalue weighted by atomic mass is 16.7. The molecular formula is C15H28N2O3. The van der Waals surface area contributed by atoms with E-state index in [1.54, 1.807) is 0 Å². The van der Waals surface area contributed by atoms with Gasteiger partial charge in [-0.1, -0.05) is 6.92 Å². The molecule has 2 aliphatic heterocycles. The number of piperazine rings is 1. The van der Waals surface area contributed by atoms with Gasteiger partial charge in [0.2, 0.25) is 0 Å². The highest BCUT2D eigenvalue weighted by Gasteiger charge is 2.46. The summed E-state index contributed by atoms with van der Waals surface area (Å²) in [5, 5.41) is 10.4. The Balaban J connectivity index is 1.58. The summed E-state index contributed by atoms with van der Waals surface area (Å²) >= 11 is 0. The molecule has 0 aromatic rings. The van der Waals surface area contributed by atoms with Crippen LogP contribution in [0.1, 0.15) is 32.6 Å².